The van der Waals surface area contributed by atoms with E-state index in [0.29, 0.717) is 24.5 Å². The summed E-state index contributed by atoms with van der Waals surface area (Å²) >= 11 is 6.14. The van der Waals surface area contributed by atoms with Crippen LogP contribution in [0, 0.1) is 6.92 Å². The van der Waals surface area contributed by atoms with Gasteiger partial charge in [0.2, 0.25) is 11.9 Å². The third kappa shape index (κ3) is 3.76. The zero-order valence-corrected chi connectivity index (χ0v) is 14.3. The number of nitrogens with two attached hydrogens (primary N) is 1. The first-order valence-corrected chi connectivity index (χ1v) is 8.28. The average molecular weight is 346 g/mol. The number of anilines is 2. The second-order valence-corrected chi connectivity index (χ2v) is 6.27. The summed E-state index contributed by atoms with van der Waals surface area (Å²) in [4.78, 5) is 24.8. The minimum absolute atomic E-state index is 0.0983. The zero-order chi connectivity index (χ0) is 17.1. The number of carbonyl (C=O) groups is 1. The van der Waals surface area contributed by atoms with E-state index in [1.165, 1.54) is 0 Å². The molecule has 1 aliphatic heterocycles. The molecule has 2 heterocycles. The molecule has 0 spiro atoms. The summed E-state index contributed by atoms with van der Waals surface area (Å²) in [6.45, 7) is 4.66. The zero-order valence-electron chi connectivity index (χ0n) is 13.6. The molecule has 0 saturated carbocycles. The van der Waals surface area contributed by atoms with Crippen molar-refractivity contribution < 1.29 is 4.79 Å². The van der Waals surface area contributed by atoms with Crippen molar-refractivity contribution in [1.82, 2.24) is 14.9 Å². The van der Waals surface area contributed by atoms with E-state index >= 15 is 0 Å². The summed E-state index contributed by atoms with van der Waals surface area (Å²) in [5.41, 5.74) is 7.42. The number of halogens is 1. The number of rotatable bonds is 3. The van der Waals surface area contributed by atoms with Gasteiger partial charge in [0.05, 0.1) is 6.42 Å². The lowest BCUT2D eigenvalue weighted by atomic mass is 10.1. The topological polar surface area (TPSA) is 75.3 Å². The van der Waals surface area contributed by atoms with E-state index in [-0.39, 0.29) is 11.9 Å². The fourth-order valence-electron chi connectivity index (χ4n) is 2.84. The highest BCUT2D eigenvalue weighted by atomic mass is 35.5. The van der Waals surface area contributed by atoms with E-state index in [2.05, 4.69) is 14.9 Å². The molecule has 1 aliphatic rings. The summed E-state index contributed by atoms with van der Waals surface area (Å²) in [6.07, 6.45) is 0.333. The number of carbonyl (C=O) groups excluding carboxylic acids is 1. The van der Waals surface area contributed by atoms with E-state index in [4.69, 9.17) is 17.3 Å². The minimum atomic E-state index is 0.0983. The van der Waals surface area contributed by atoms with Crippen molar-refractivity contribution in [2.24, 2.45) is 0 Å². The number of aryl methyl sites for hydroxylation is 1. The van der Waals surface area contributed by atoms with Crippen molar-refractivity contribution in [1.29, 1.82) is 0 Å². The third-order valence-electron chi connectivity index (χ3n) is 4.11. The molecule has 1 aromatic heterocycles. The molecule has 1 amide bonds. The Morgan fingerprint density at radius 1 is 1.21 bits per heavy atom. The number of piperazine rings is 1. The summed E-state index contributed by atoms with van der Waals surface area (Å²) in [5, 5.41) is 0.636. The first-order valence-electron chi connectivity index (χ1n) is 7.90. The summed E-state index contributed by atoms with van der Waals surface area (Å²) in [5.74, 6) is 1.20. The molecule has 2 aromatic rings. The first-order chi connectivity index (χ1) is 11.5. The number of hydrogen-bond donors (Lipinski definition) is 1. The maximum absolute atomic E-state index is 12.5. The predicted molar refractivity (Wildman–Crippen MR) is 95.1 cm³/mol. The number of nitrogen functional groups attached to an aromatic ring is 1. The van der Waals surface area contributed by atoms with E-state index in [9.17, 15) is 4.79 Å². The molecule has 3 rings (SSSR count). The second kappa shape index (κ2) is 7.05. The van der Waals surface area contributed by atoms with Crippen LogP contribution in [-0.2, 0) is 11.2 Å². The SMILES string of the molecule is Cc1cc(N2CCN(C(=O)Cc3ccccc3Cl)CC2)nc(N)n1. The second-order valence-electron chi connectivity index (χ2n) is 5.86. The average Bonchev–Trinajstić information content (AvgIpc) is 2.56. The molecule has 1 fully saturated rings. The van der Waals surface area contributed by atoms with Gasteiger partial charge in [-0.05, 0) is 18.6 Å². The Balaban J connectivity index is 1.60. The molecule has 0 radical (unpaired) electrons. The number of nitrogens with zero attached hydrogens (tertiary/aromatic N) is 4. The first kappa shape index (κ1) is 16.5. The fraction of sp³-hybridized carbons (Fsp3) is 0.353. The van der Waals surface area contributed by atoms with E-state index < -0.39 is 0 Å². The van der Waals surface area contributed by atoms with Crippen LogP contribution in [0.3, 0.4) is 0 Å². The van der Waals surface area contributed by atoms with Crippen molar-refractivity contribution in [3.8, 4) is 0 Å². The van der Waals surface area contributed by atoms with Gasteiger partial charge in [0, 0.05) is 43.0 Å². The van der Waals surface area contributed by atoms with Gasteiger partial charge in [0.1, 0.15) is 5.82 Å². The van der Waals surface area contributed by atoms with Crippen molar-refractivity contribution >= 4 is 29.3 Å². The van der Waals surface area contributed by atoms with Gasteiger partial charge in [-0.2, -0.15) is 4.98 Å². The number of benzene rings is 1. The smallest absolute Gasteiger partial charge is 0.227 e. The summed E-state index contributed by atoms with van der Waals surface area (Å²) < 4.78 is 0. The normalized spacial score (nSPS) is 14.8. The largest absolute Gasteiger partial charge is 0.368 e. The summed E-state index contributed by atoms with van der Waals surface area (Å²) in [6, 6.07) is 9.38. The Kier molecular flexibility index (Phi) is 4.85. The van der Waals surface area contributed by atoms with Crippen LogP contribution in [-0.4, -0.2) is 47.0 Å². The van der Waals surface area contributed by atoms with Crippen LogP contribution in [0.5, 0.6) is 0 Å². The van der Waals surface area contributed by atoms with Crippen LogP contribution >= 0.6 is 11.6 Å². The molecule has 1 aromatic carbocycles. The Morgan fingerprint density at radius 3 is 2.58 bits per heavy atom. The highest BCUT2D eigenvalue weighted by molar-refractivity contribution is 6.31. The van der Waals surface area contributed by atoms with Crippen LogP contribution in [0.1, 0.15) is 11.3 Å². The van der Waals surface area contributed by atoms with Crippen molar-refractivity contribution in [2.75, 3.05) is 36.8 Å². The molecule has 0 atom stereocenters. The predicted octanol–water partition coefficient (Wildman–Crippen LogP) is 1.91. The van der Waals surface area contributed by atoms with Gasteiger partial charge in [-0.25, -0.2) is 4.98 Å². The molecule has 7 heteroatoms. The van der Waals surface area contributed by atoms with E-state index in [1.807, 2.05) is 42.2 Å². The third-order valence-corrected chi connectivity index (χ3v) is 4.48. The molecule has 0 bridgehead atoms. The lowest BCUT2D eigenvalue weighted by molar-refractivity contribution is -0.130. The maximum Gasteiger partial charge on any atom is 0.227 e. The van der Waals surface area contributed by atoms with Gasteiger partial charge < -0.3 is 15.5 Å². The van der Waals surface area contributed by atoms with Gasteiger partial charge in [0.15, 0.2) is 0 Å². The van der Waals surface area contributed by atoms with E-state index in [0.717, 1.165) is 30.2 Å². The standard InChI is InChI=1S/C17H20ClN5O/c1-12-10-15(21-17(19)20-12)22-6-8-23(9-7-22)16(24)11-13-4-2-3-5-14(13)18/h2-5,10H,6-9,11H2,1H3,(H2,19,20,21). The van der Waals surface area contributed by atoms with Crippen molar-refractivity contribution in [2.45, 2.75) is 13.3 Å². The highest BCUT2D eigenvalue weighted by Gasteiger charge is 2.22. The lowest BCUT2D eigenvalue weighted by Crippen LogP contribution is -2.49. The van der Waals surface area contributed by atoms with Gasteiger partial charge in [-0.15, -0.1) is 0 Å². The van der Waals surface area contributed by atoms with Crippen LogP contribution < -0.4 is 10.6 Å². The molecular weight excluding hydrogens is 326 g/mol. The molecule has 1 saturated heterocycles. The number of aromatic nitrogens is 2. The summed E-state index contributed by atoms with van der Waals surface area (Å²) in [7, 11) is 0. The number of hydrogen-bond acceptors (Lipinski definition) is 5. The monoisotopic (exact) mass is 345 g/mol. The van der Waals surface area contributed by atoms with Crippen molar-refractivity contribution in [3.05, 3.63) is 46.6 Å². The van der Waals surface area contributed by atoms with E-state index in [1.54, 1.807) is 0 Å². The van der Waals surface area contributed by atoms with Gasteiger partial charge in [-0.3, -0.25) is 4.79 Å². The highest BCUT2D eigenvalue weighted by Crippen LogP contribution is 2.18. The molecule has 0 unspecified atom stereocenters. The van der Waals surface area contributed by atoms with Crippen LogP contribution in [0.25, 0.3) is 0 Å². The lowest BCUT2D eigenvalue weighted by Gasteiger charge is -2.35. The minimum Gasteiger partial charge on any atom is -0.368 e. The Hall–Kier alpha value is -2.34. The van der Waals surface area contributed by atoms with Gasteiger partial charge in [0.25, 0.3) is 0 Å². The fourth-order valence-corrected chi connectivity index (χ4v) is 3.04. The quantitative estimate of drug-likeness (QED) is 0.919. The Bertz CT molecular complexity index is 723. The van der Waals surface area contributed by atoms with Gasteiger partial charge >= 0.3 is 0 Å². The molecule has 0 aliphatic carbocycles. The van der Waals surface area contributed by atoms with Crippen LogP contribution in [0.2, 0.25) is 5.02 Å². The molecular formula is C17H20ClN5O. The van der Waals surface area contributed by atoms with Crippen LogP contribution in [0.4, 0.5) is 11.8 Å². The molecule has 126 valence electrons. The number of amides is 1. The Labute approximate surface area is 146 Å². The Morgan fingerprint density at radius 2 is 1.92 bits per heavy atom. The molecule has 2 N–H and O–H groups in total. The molecule has 6 nitrogen and oxygen atoms in total. The van der Waals surface area contributed by atoms with Gasteiger partial charge in [-0.1, -0.05) is 29.8 Å². The maximum atomic E-state index is 12.5. The van der Waals surface area contributed by atoms with Crippen LogP contribution in [0.15, 0.2) is 30.3 Å². The molecule has 24 heavy (non-hydrogen) atoms. The van der Waals surface area contributed by atoms with Crippen molar-refractivity contribution in [3.63, 3.8) is 0 Å².